The van der Waals surface area contributed by atoms with E-state index in [0.717, 1.165) is 42.9 Å². The molecule has 0 spiro atoms. The average molecular weight is 497 g/mol. The Morgan fingerprint density at radius 2 is 2.06 bits per heavy atom. The number of thioether (sulfide) groups is 1. The Kier molecular flexibility index (Phi) is 8.33. The zero-order valence-corrected chi connectivity index (χ0v) is 21.0. The van der Waals surface area contributed by atoms with Crippen molar-refractivity contribution < 1.29 is 19.4 Å². The van der Waals surface area contributed by atoms with Crippen molar-refractivity contribution in [3.05, 3.63) is 53.2 Å². The van der Waals surface area contributed by atoms with Crippen molar-refractivity contribution in [2.45, 2.75) is 20.0 Å². The van der Waals surface area contributed by atoms with Crippen LogP contribution >= 0.6 is 11.8 Å². The predicted octanol–water partition coefficient (Wildman–Crippen LogP) is 3.70. The molecule has 0 saturated carbocycles. The maximum Gasteiger partial charge on any atom is 0.252 e. The molecule has 2 heterocycles. The molecule has 1 aromatic heterocycles. The Morgan fingerprint density at radius 1 is 1.26 bits per heavy atom. The van der Waals surface area contributed by atoms with Crippen LogP contribution in [-0.2, 0) is 6.61 Å². The van der Waals surface area contributed by atoms with E-state index in [2.05, 4.69) is 15.2 Å². The molecule has 4 rings (SSSR count). The summed E-state index contributed by atoms with van der Waals surface area (Å²) in [5.74, 6) is 2.96. The van der Waals surface area contributed by atoms with Gasteiger partial charge in [-0.25, -0.2) is 0 Å². The summed E-state index contributed by atoms with van der Waals surface area (Å²) in [6, 6.07) is 9.25. The van der Waals surface area contributed by atoms with Crippen molar-refractivity contribution >= 4 is 39.9 Å². The number of anilines is 2. The Morgan fingerprint density at radius 3 is 2.77 bits per heavy atom. The number of aliphatic hydroxyl groups is 1. The highest BCUT2D eigenvalue weighted by atomic mass is 32.2. The summed E-state index contributed by atoms with van der Waals surface area (Å²) in [7, 11) is 1.59. The van der Waals surface area contributed by atoms with Crippen molar-refractivity contribution in [2.75, 3.05) is 50.2 Å². The van der Waals surface area contributed by atoms with Gasteiger partial charge in [0.15, 0.2) is 11.5 Å². The Labute approximate surface area is 209 Å². The van der Waals surface area contributed by atoms with E-state index < -0.39 is 5.91 Å². The first-order valence-electron chi connectivity index (χ1n) is 11.7. The third-order valence-corrected chi connectivity index (χ3v) is 7.22. The van der Waals surface area contributed by atoms with E-state index in [9.17, 15) is 9.90 Å². The molecule has 1 aliphatic rings. The van der Waals surface area contributed by atoms with Crippen LogP contribution in [0.3, 0.4) is 0 Å². The van der Waals surface area contributed by atoms with Gasteiger partial charge in [-0.15, -0.1) is 0 Å². The van der Waals surface area contributed by atoms with Gasteiger partial charge >= 0.3 is 0 Å². The standard InChI is InChI=1S/C26H32N4O4S/c1-17-18(16-31)5-3-6-21(17)29-25-19-13-23(33-2)24(14-22(19)28-15-20(25)26(27)32)34-10-4-7-30-8-11-35-12-9-30/h3,5-6,13-15,31H,4,7-12,16H2,1-2H3,(H2,27,32)(H,28,29). The first-order valence-corrected chi connectivity index (χ1v) is 12.9. The Balaban J connectivity index is 1.62. The molecule has 0 atom stereocenters. The highest BCUT2D eigenvalue weighted by molar-refractivity contribution is 7.99. The normalized spacial score (nSPS) is 14.1. The Hall–Kier alpha value is -3.01. The second kappa shape index (κ2) is 11.6. The van der Waals surface area contributed by atoms with Crippen LogP contribution in [0.15, 0.2) is 36.5 Å². The monoisotopic (exact) mass is 496 g/mol. The van der Waals surface area contributed by atoms with Gasteiger partial charge in [0, 0.05) is 54.5 Å². The van der Waals surface area contributed by atoms with Crippen molar-refractivity contribution in [3.63, 3.8) is 0 Å². The number of primary amides is 1. The number of aromatic nitrogens is 1. The molecular formula is C26H32N4O4S. The minimum Gasteiger partial charge on any atom is -0.493 e. The number of nitrogens with one attached hydrogen (secondary N) is 1. The molecule has 186 valence electrons. The van der Waals surface area contributed by atoms with Gasteiger partial charge < -0.3 is 30.5 Å². The summed E-state index contributed by atoms with van der Waals surface area (Å²) in [6.07, 6.45) is 2.40. The second-order valence-electron chi connectivity index (χ2n) is 8.46. The third-order valence-electron chi connectivity index (χ3n) is 6.27. The largest absolute Gasteiger partial charge is 0.493 e. The van der Waals surface area contributed by atoms with Crippen LogP contribution in [-0.4, -0.2) is 65.8 Å². The van der Waals surface area contributed by atoms with Gasteiger partial charge in [-0.2, -0.15) is 11.8 Å². The highest BCUT2D eigenvalue weighted by Crippen LogP contribution is 2.38. The fourth-order valence-electron chi connectivity index (χ4n) is 4.21. The van der Waals surface area contributed by atoms with Gasteiger partial charge in [0.25, 0.3) is 5.91 Å². The van der Waals surface area contributed by atoms with Crippen LogP contribution in [0.4, 0.5) is 11.4 Å². The first-order chi connectivity index (χ1) is 17.0. The van der Waals surface area contributed by atoms with E-state index in [4.69, 9.17) is 15.2 Å². The van der Waals surface area contributed by atoms with E-state index in [1.54, 1.807) is 7.11 Å². The lowest BCUT2D eigenvalue weighted by atomic mass is 10.0. The van der Waals surface area contributed by atoms with Crippen molar-refractivity contribution in [3.8, 4) is 11.5 Å². The summed E-state index contributed by atoms with van der Waals surface area (Å²) < 4.78 is 11.7. The molecule has 1 saturated heterocycles. The molecular weight excluding hydrogens is 464 g/mol. The molecule has 0 radical (unpaired) electrons. The van der Waals surface area contributed by atoms with E-state index in [1.807, 2.05) is 49.0 Å². The van der Waals surface area contributed by atoms with Crippen LogP contribution in [0.25, 0.3) is 10.9 Å². The second-order valence-corrected chi connectivity index (χ2v) is 9.68. The van der Waals surface area contributed by atoms with Crippen molar-refractivity contribution in [1.29, 1.82) is 0 Å². The maximum atomic E-state index is 12.2. The SMILES string of the molecule is COc1cc2c(Nc3cccc(CO)c3C)c(C(N)=O)cnc2cc1OCCCN1CCSCC1. The number of carbonyl (C=O) groups excluding carboxylic acids is 1. The predicted molar refractivity (Wildman–Crippen MR) is 141 cm³/mol. The molecule has 2 aromatic carbocycles. The van der Waals surface area contributed by atoms with Gasteiger partial charge in [-0.3, -0.25) is 9.78 Å². The van der Waals surface area contributed by atoms with Crippen molar-refractivity contribution in [1.82, 2.24) is 9.88 Å². The summed E-state index contributed by atoms with van der Waals surface area (Å²) in [5, 5.41) is 13.7. The lowest BCUT2D eigenvalue weighted by Gasteiger charge is -2.26. The molecule has 1 amide bonds. The molecule has 3 aromatic rings. The number of amides is 1. The topological polar surface area (TPSA) is 110 Å². The van der Waals surface area contributed by atoms with E-state index in [1.165, 1.54) is 17.7 Å². The zero-order chi connectivity index (χ0) is 24.8. The molecule has 1 aliphatic heterocycles. The van der Waals surface area contributed by atoms with Crippen molar-refractivity contribution in [2.24, 2.45) is 5.73 Å². The first kappa shape index (κ1) is 25.1. The lowest BCUT2D eigenvalue weighted by molar-refractivity contribution is 0.100. The zero-order valence-electron chi connectivity index (χ0n) is 20.2. The number of carbonyl (C=O) groups is 1. The van der Waals surface area contributed by atoms with Crippen LogP contribution in [0.1, 0.15) is 27.9 Å². The van der Waals surface area contributed by atoms with E-state index >= 15 is 0 Å². The summed E-state index contributed by atoms with van der Waals surface area (Å²) in [5.41, 5.74) is 9.57. The fraction of sp³-hybridized carbons (Fsp3) is 0.385. The molecule has 0 unspecified atom stereocenters. The number of benzene rings is 2. The van der Waals surface area contributed by atoms with Gasteiger partial charge in [0.05, 0.1) is 37.1 Å². The number of hydrogen-bond acceptors (Lipinski definition) is 8. The minimum atomic E-state index is -0.590. The minimum absolute atomic E-state index is 0.0770. The third kappa shape index (κ3) is 5.80. The molecule has 1 fully saturated rings. The number of aliphatic hydroxyl groups excluding tert-OH is 1. The lowest BCUT2D eigenvalue weighted by Crippen LogP contribution is -2.33. The van der Waals surface area contributed by atoms with Gasteiger partial charge in [0.2, 0.25) is 0 Å². The Bertz CT molecular complexity index is 1200. The molecule has 0 bridgehead atoms. The number of ether oxygens (including phenoxy) is 2. The highest BCUT2D eigenvalue weighted by Gasteiger charge is 2.18. The van der Waals surface area contributed by atoms with Crippen LogP contribution in [0.2, 0.25) is 0 Å². The molecule has 8 nitrogen and oxygen atoms in total. The smallest absolute Gasteiger partial charge is 0.252 e. The number of fused-ring (bicyclic) bond motifs is 1. The molecule has 0 aliphatic carbocycles. The number of methoxy groups -OCH3 is 1. The van der Waals surface area contributed by atoms with Gasteiger partial charge in [-0.05, 0) is 36.6 Å². The summed E-state index contributed by atoms with van der Waals surface area (Å²) in [6.45, 7) is 5.68. The van der Waals surface area contributed by atoms with E-state index in [-0.39, 0.29) is 12.2 Å². The maximum absolute atomic E-state index is 12.2. The molecule has 35 heavy (non-hydrogen) atoms. The van der Waals surface area contributed by atoms with Crippen LogP contribution < -0.4 is 20.5 Å². The number of nitrogens with zero attached hydrogens (tertiary/aromatic N) is 2. The van der Waals surface area contributed by atoms with Gasteiger partial charge in [0.1, 0.15) is 0 Å². The number of hydrogen-bond donors (Lipinski definition) is 3. The summed E-state index contributed by atoms with van der Waals surface area (Å²) >= 11 is 2.01. The number of rotatable bonds is 10. The molecule has 9 heteroatoms. The van der Waals surface area contributed by atoms with Gasteiger partial charge in [-0.1, -0.05) is 12.1 Å². The molecule has 4 N–H and O–H groups in total. The van der Waals surface area contributed by atoms with Crippen LogP contribution in [0, 0.1) is 6.92 Å². The average Bonchev–Trinajstić information content (AvgIpc) is 2.87. The number of nitrogens with two attached hydrogens (primary N) is 1. The van der Waals surface area contributed by atoms with E-state index in [0.29, 0.717) is 34.7 Å². The quantitative estimate of drug-likeness (QED) is 0.365. The fourth-order valence-corrected chi connectivity index (χ4v) is 5.19. The number of pyridine rings is 1. The van der Waals surface area contributed by atoms with Crippen LogP contribution in [0.5, 0.6) is 11.5 Å². The summed E-state index contributed by atoms with van der Waals surface area (Å²) in [4.78, 5) is 19.2.